The molecule has 0 radical (unpaired) electrons. The summed E-state index contributed by atoms with van der Waals surface area (Å²) in [5.41, 5.74) is 0.482. The van der Waals surface area contributed by atoms with E-state index in [9.17, 15) is 4.79 Å². The molecular formula is C22H33N5O2. The molecule has 2 aromatic rings. The molecular weight excluding hydrogens is 366 g/mol. The summed E-state index contributed by atoms with van der Waals surface area (Å²) in [6.45, 7) is 6.48. The number of nitrogens with zero attached hydrogens (tertiary/aromatic N) is 3. The fourth-order valence-corrected chi connectivity index (χ4v) is 3.70. The maximum Gasteiger partial charge on any atom is 0.407 e. The SMILES string of the molecule is CN(C)c1nc(NC[C@H]2CC[C@@H](NC(=O)OC(C)(C)C)CC2)nc2ccccc12. The summed E-state index contributed by atoms with van der Waals surface area (Å²) in [6, 6.07) is 8.27. The number of amides is 1. The first-order chi connectivity index (χ1) is 13.7. The molecule has 0 saturated heterocycles. The van der Waals surface area contributed by atoms with E-state index in [1.807, 2.05) is 64.0 Å². The van der Waals surface area contributed by atoms with Crippen molar-refractivity contribution in [3.8, 4) is 0 Å². The van der Waals surface area contributed by atoms with Gasteiger partial charge in [0.2, 0.25) is 5.95 Å². The van der Waals surface area contributed by atoms with Crippen molar-refractivity contribution in [2.75, 3.05) is 30.9 Å². The number of benzene rings is 1. The lowest BCUT2D eigenvalue weighted by atomic mass is 9.86. The number of hydrogen-bond acceptors (Lipinski definition) is 6. The summed E-state index contributed by atoms with van der Waals surface area (Å²) in [6.07, 6.45) is 3.73. The second-order valence-corrected chi connectivity index (χ2v) is 9.03. The zero-order valence-electron chi connectivity index (χ0n) is 18.2. The Balaban J connectivity index is 1.52. The van der Waals surface area contributed by atoms with Gasteiger partial charge in [0.15, 0.2) is 0 Å². The molecule has 158 valence electrons. The fraction of sp³-hybridized carbons (Fsp3) is 0.591. The summed E-state index contributed by atoms with van der Waals surface area (Å²) < 4.78 is 5.36. The molecule has 2 N–H and O–H groups in total. The molecule has 0 spiro atoms. The molecule has 7 nitrogen and oxygen atoms in total. The Morgan fingerprint density at radius 3 is 2.48 bits per heavy atom. The van der Waals surface area contributed by atoms with Crippen LogP contribution in [0.2, 0.25) is 0 Å². The summed E-state index contributed by atoms with van der Waals surface area (Å²) in [4.78, 5) is 23.3. The molecule has 3 rings (SSSR count). The Labute approximate surface area is 173 Å². The largest absolute Gasteiger partial charge is 0.444 e. The number of nitrogens with one attached hydrogen (secondary N) is 2. The highest BCUT2D eigenvalue weighted by molar-refractivity contribution is 5.90. The zero-order chi connectivity index (χ0) is 21.0. The number of aromatic nitrogens is 2. The molecule has 29 heavy (non-hydrogen) atoms. The Kier molecular flexibility index (Phi) is 6.45. The van der Waals surface area contributed by atoms with Crippen LogP contribution in [0.15, 0.2) is 24.3 Å². The van der Waals surface area contributed by atoms with Crippen LogP contribution in [0.3, 0.4) is 0 Å². The normalized spacial score (nSPS) is 19.6. The maximum absolute atomic E-state index is 11.9. The Bertz CT molecular complexity index is 839. The van der Waals surface area contributed by atoms with Crippen LogP contribution in [0, 0.1) is 5.92 Å². The predicted octanol–water partition coefficient (Wildman–Crippen LogP) is 4.19. The van der Waals surface area contributed by atoms with E-state index in [0.29, 0.717) is 11.9 Å². The van der Waals surface area contributed by atoms with Gasteiger partial charge in [-0.15, -0.1) is 0 Å². The van der Waals surface area contributed by atoms with Gasteiger partial charge in [0, 0.05) is 32.1 Å². The molecule has 1 aliphatic rings. The lowest BCUT2D eigenvalue weighted by Crippen LogP contribution is -2.41. The van der Waals surface area contributed by atoms with Crippen molar-refractivity contribution >= 4 is 28.8 Å². The van der Waals surface area contributed by atoms with Gasteiger partial charge in [0.1, 0.15) is 11.4 Å². The van der Waals surface area contributed by atoms with Gasteiger partial charge in [-0.3, -0.25) is 0 Å². The van der Waals surface area contributed by atoms with Gasteiger partial charge < -0.3 is 20.3 Å². The first-order valence-corrected chi connectivity index (χ1v) is 10.4. The number of rotatable bonds is 5. The molecule has 0 atom stereocenters. The van der Waals surface area contributed by atoms with Gasteiger partial charge >= 0.3 is 6.09 Å². The van der Waals surface area contributed by atoms with Crippen molar-refractivity contribution in [2.24, 2.45) is 5.92 Å². The van der Waals surface area contributed by atoms with Crippen molar-refractivity contribution in [1.29, 1.82) is 0 Å². The van der Waals surface area contributed by atoms with Crippen LogP contribution in [0.1, 0.15) is 46.5 Å². The predicted molar refractivity (Wildman–Crippen MR) is 117 cm³/mol. The van der Waals surface area contributed by atoms with Crippen LogP contribution >= 0.6 is 0 Å². The molecule has 1 aromatic carbocycles. The average molecular weight is 400 g/mol. The standard InChI is InChI=1S/C22H33N5O2/c1-22(2,3)29-21(28)24-16-12-10-15(11-13-16)14-23-20-25-18-9-7-6-8-17(18)19(26-20)27(4)5/h6-9,15-16H,10-14H2,1-5H3,(H,24,28)(H,23,25,26)/t15-,16+. The lowest BCUT2D eigenvalue weighted by molar-refractivity contribution is 0.0488. The van der Waals surface area contributed by atoms with Crippen molar-refractivity contribution in [3.63, 3.8) is 0 Å². The minimum Gasteiger partial charge on any atom is -0.444 e. The molecule has 1 saturated carbocycles. The van der Waals surface area contributed by atoms with Gasteiger partial charge in [-0.05, 0) is 64.5 Å². The van der Waals surface area contributed by atoms with Gasteiger partial charge in [-0.1, -0.05) is 12.1 Å². The van der Waals surface area contributed by atoms with Crippen LogP contribution in [-0.4, -0.2) is 48.3 Å². The number of alkyl carbamates (subject to hydrolysis) is 1. The number of carbonyl (C=O) groups excluding carboxylic acids is 1. The average Bonchev–Trinajstić information content (AvgIpc) is 2.65. The fourth-order valence-electron chi connectivity index (χ4n) is 3.70. The topological polar surface area (TPSA) is 79.4 Å². The minimum absolute atomic E-state index is 0.193. The highest BCUT2D eigenvalue weighted by Gasteiger charge is 2.25. The molecule has 1 aromatic heterocycles. The Hall–Kier alpha value is -2.57. The summed E-state index contributed by atoms with van der Waals surface area (Å²) in [5, 5.41) is 7.48. The van der Waals surface area contributed by atoms with E-state index in [2.05, 4.69) is 15.6 Å². The number of para-hydroxylation sites is 1. The number of fused-ring (bicyclic) bond motifs is 1. The Morgan fingerprint density at radius 2 is 1.83 bits per heavy atom. The van der Waals surface area contributed by atoms with Gasteiger partial charge in [0.05, 0.1) is 5.52 Å². The molecule has 0 bridgehead atoms. The van der Waals surface area contributed by atoms with Crippen molar-refractivity contribution in [3.05, 3.63) is 24.3 Å². The lowest BCUT2D eigenvalue weighted by Gasteiger charge is -2.30. The molecule has 0 unspecified atom stereocenters. The summed E-state index contributed by atoms with van der Waals surface area (Å²) in [7, 11) is 4.00. The third-order valence-corrected chi connectivity index (χ3v) is 5.12. The smallest absolute Gasteiger partial charge is 0.407 e. The monoisotopic (exact) mass is 399 g/mol. The second-order valence-electron chi connectivity index (χ2n) is 9.03. The molecule has 1 heterocycles. The summed E-state index contributed by atoms with van der Waals surface area (Å²) >= 11 is 0. The van der Waals surface area contributed by atoms with Gasteiger partial charge in [-0.25, -0.2) is 9.78 Å². The highest BCUT2D eigenvalue weighted by Crippen LogP contribution is 2.27. The van der Waals surface area contributed by atoms with Crippen LogP contribution in [-0.2, 0) is 4.74 Å². The van der Waals surface area contributed by atoms with E-state index in [4.69, 9.17) is 9.72 Å². The number of hydrogen-bond donors (Lipinski definition) is 2. The minimum atomic E-state index is -0.462. The third-order valence-electron chi connectivity index (χ3n) is 5.12. The second kappa shape index (κ2) is 8.84. The van der Waals surface area contributed by atoms with Gasteiger partial charge in [0.25, 0.3) is 0 Å². The van der Waals surface area contributed by atoms with Crippen LogP contribution in [0.25, 0.3) is 10.9 Å². The van der Waals surface area contributed by atoms with E-state index in [1.54, 1.807) is 0 Å². The zero-order valence-corrected chi connectivity index (χ0v) is 18.2. The van der Waals surface area contributed by atoms with Crippen molar-refractivity contribution in [1.82, 2.24) is 15.3 Å². The number of ether oxygens (including phenoxy) is 1. The van der Waals surface area contributed by atoms with Crippen LogP contribution in [0.5, 0.6) is 0 Å². The quantitative estimate of drug-likeness (QED) is 0.785. The van der Waals surface area contributed by atoms with E-state index < -0.39 is 5.60 Å². The molecule has 0 aliphatic heterocycles. The highest BCUT2D eigenvalue weighted by atomic mass is 16.6. The van der Waals surface area contributed by atoms with Crippen molar-refractivity contribution < 1.29 is 9.53 Å². The van der Waals surface area contributed by atoms with E-state index in [-0.39, 0.29) is 12.1 Å². The molecule has 1 amide bonds. The maximum atomic E-state index is 11.9. The summed E-state index contributed by atoms with van der Waals surface area (Å²) in [5.74, 6) is 2.13. The van der Waals surface area contributed by atoms with Crippen molar-refractivity contribution in [2.45, 2.75) is 58.1 Å². The van der Waals surface area contributed by atoms with Crippen LogP contribution < -0.4 is 15.5 Å². The first kappa shape index (κ1) is 21.1. The van der Waals surface area contributed by atoms with Gasteiger partial charge in [-0.2, -0.15) is 4.98 Å². The molecule has 1 aliphatic carbocycles. The Morgan fingerprint density at radius 1 is 1.14 bits per heavy atom. The van der Waals surface area contributed by atoms with E-state index in [1.165, 1.54) is 0 Å². The first-order valence-electron chi connectivity index (χ1n) is 10.4. The van der Waals surface area contributed by atoms with E-state index >= 15 is 0 Å². The van der Waals surface area contributed by atoms with Crippen LogP contribution in [0.4, 0.5) is 16.6 Å². The number of anilines is 2. The molecule has 7 heteroatoms. The number of carbonyl (C=O) groups is 1. The van der Waals surface area contributed by atoms with E-state index in [0.717, 1.165) is 48.9 Å². The molecule has 1 fully saturated rings. The third kappa shape index (κ3) is 5.95.